The number of para-hydroxylation sites is 3. The van der Waals surface area contributed by atoms with Crippen molar-refractivity contribution in [1.82, 2.24) is 14.5 Å². The van der Waals surface area contributed by atoms with E-state index in [-0.39, 0.29) is 54.3 Å². The van der Waals surface area contributed by atoms with E-state index in [0.717, 1.165) is 78.0 Å². The van der Waals surface area contributed by atoms with Gasteiger partial charge in [0.2, 0.25) is 0 Å². The number of benzene rings is 10. The summed E-state index contributed by atoms with van der Waals surface area (Å²) in [6, 6.07) is 73.3. The van der Waals surface area contributed by atoms with Crippen molar-refractivity contribution < 1.29 is 28.9 Å². The topological polar surface area (TPSA) is 50.3 Å². The number of fused-ring (bicyclic) bond motifs is 10. The molecule has 13 aromatic rings. The van der Waals surface area contributed by atoms with Gasteiger partial charge >= 0.3 is 0 Å². The summed E-state index contributed by atoms with van der Waals surface area (Å²) >= 11 is 1.94. The van der Waals surface area contributed by atoms with Gasteiger partial charge < -0.3 is 23.8 Å². The monoisotopic (exact) mass is 1510 g/mol. The van der Waals surface area contributed by atoms with E-state index >= 15 is 0 Å². The molecule has 10 aromatic carbocycles. The number of anilines is 6. The fourth-order valence-corrected chi connectivity index (χ4v) is 16.0. The van der Waals surface area contributed by atoms with Gasteiger partial charge in [-0.1, -0.05) is 224 Å². The summed E-state index contributed by atoms with van der Waals surface area (Å²) in [5, 5.41) is 2.10. The van der Waals surface area contributed by atoms with Gasteiger partial charge in [0, 0.05) is 75.7 Å². The number of hydrogen-bond acceptors (Lipinski definition) is 6. The summed E-state index contributed by atoms with van der Waals surface area (Å²) in [5.74, 6) is 1.14. The first-order valence-corrected chi connectivity index (χ1v) is 35.9. The van der Waals surface area contributed by atoms with Crippen molar-refractivity contribution in [1.29, 1.82) is 0 Å². The number of imidazole rings is 1. The minimum Gasteiger partial charge on any atom is -0.501 e. The van der Waals surface area contributed by atoms with Crippen LogP contribution in [0.2, 0.25) is 0 Å². The molecule has 0 spiro atoms. The summed E-state index contributed by atoms with van der Waals surface area (Å²) in [5.41, 5.74) is 30.9. The Morgan fingerprint density at radius 1 is 0.530 bits per heavy atom. The van der Waals surface area contributed by atoms with Crippen LogP contribution in [0.5, 0.6) is 0 Å². The third-order valence-electron chi connectivity index (χ3n) is 20.7. The summed E-state index contributed by atoms with van der Waals surface area (Å²) in [6.07, 6.45) is 1.82. The van der Waals surface area contributed by atoms with E-state index in [0.29, 0.717) is 11.8 Å². The van der Waals surface area contributed by atoms with Gasteiger partial charge in [0.15, 0.2) is 0 Å². The van der Waals surface area contributed by atoms with E-state index in [1.165, 1.54) is 111 Å². The second-order valence-electron chi connectivity index (χ2n) is 32.4. The van der Waals surface area contributed by atoms with Gasteiger partial charge in [-0.3, -0.25) is 9.37 Å². The Labute approximate surface area is 608 Å². The average molecular weight is 1510 g/mol. The van der Waals surface area contributed by atoms with Gasteiger partial charge in [0.05, 0.1) is 33.8 Å². The summed E-state index contributed by atoms with van der Waals surface area (Å²) in [4.78, 5) is 17.5. The zero-order chi connectivity index (χ0) is 69.7. The molecule has 0 aliphatic carbocycles. The first-order chi connectivity index (χ1) is 47.0. The summed E-state index contributed by atoms with van der Waals surface area (Å²) < 4.78 is 22.4. The van der Waals surface area contributed by atoms with E-state index in [1.54, 1.807) is 6.07 Å². The molecule has 0 N–H and O–H groups in total. The molecule has 10 heteroatoms. The molecule has 16 rings (SSSR count). The van der Waals surface area contributed by atoms with Gasteiger partial charge in [0.1, 0.15) is 5.58 Å². The maximum Gasteiger partial charge on any atom is 0.252 e. The summed E-state index contributed by atoms with van der Waals surface area (Å²) in [7, 11) is 0. The minimum atomic E-state index is -0.275. The van der Waals surface area contributed by atoms with Crippen molar-refractivity contribution in [2.75, 3.05) is 9.80 Å². The second-order valence-corrected chi connectivity index (χ2v) is 33.5. The van der Waals surface area contributed by atoms with Crippen molar-refractivity contribution >= 4 is 102 Å². The second kappa shape index (κ2) is 25.1. The maximum absolute atomic E-state index is 12.7. The first-order valence-electron chi connectivity index (χ1n) is 35.1. The van der Waals surface area contributed by atoms with Crippen LogP contribution in [0.4, 0.5) is 38.5 Å². The molecule has 505 valence electrons. The molecule has 3 aliphatic rings. The first kappa shape index (κ1) is 68.4. The Hall–Kier alpha value is -8.79. The molecule has 6 nitrogen and oxygen atoms in total. The Bertz CT molecular complexity index is 5380. The molecule has 0 saturated carbocycles. The van der Waals surface area contributed by atoms with E-state index in [1.807, 2.05) is 43.9 Å². The van der Waals surface area contributed by atoms with Gasteiger partial charge in [-0.05, 0) is 186 Å². The van der Waals surface area contributed by atoms with Crippen LogP contribution in [-0.2, 0) is 41.8 Å². The van der Waals surface area contributed by atoms with E-state index in [2.05, 4.69) is 294 Å². The fraction of sp³-hybridized carbons (Fsp3) is 0.267. The van der Waals surface area contributed by atoms with Crippen LogP contribution in [0.3, 0.4) is 0 Å². The van der Waals surface area contributed by atoms with Gasteiger partial charge in [0.25, 0.3) is 6.71 Å². The number of aromatic nitrogens is 3. The number of hydrogen-bond donors (Lipinski definition) is 0. The van der Waals surface area contributed by atoms with E-state index in [4.69, 9.17) is 9.40 Å². The zero-order valence-electron chi connectivity index (χ0n) is 60.9. The normalized spacial score (nSPS) is 13.3. The van der Waals surface area contributed by atoms with Gasteiger partial charge in [-0.2, -0.15) is 0 Å². The van der Waals surface area contributed by atoms with Crippen LogP contribution in [0.15, 0.2) is 202 Å². The molecule has 0 bridgehead atoms. The molecule has 3 aromatic heterocycles. The Morgan fingerprint density at radius 3 is 1.81 bits per heavy atom. The number of aryl methyl sites for hydroxylation is 2. The molecular formula is C90H87BFIrN5OS-2. The van der Waals surface area contributed by atoms with Crippen molar-refractivity contribution in [3.05, 3.63) is 251 Å². The van der Waals surface area contributed by atoms with Crippen molar-refractivity contribution in [2.45, 2.75) is 168 Å². The Balaban J connectivity index is 0.000000471. The van der Waals surface area contributed by atoms with Crippen LogP contribution in [-0.4, -0.2) is 21.2 Å². The summed E-state index contributed by atoms with van der Waals surface area (Å²) in [6.45, 7) is 41.2. The molecular weight excluding hydrogens is 1420 g/mol. The molecule has 0 fully saturated rings. The fourth-order valence-electron chi connectivity index (χ4n) is 14.9. The van der Waals surface area contributed by atoms with Crippen molar-refractivity contribution in [3.63, 3.8) is 0 Å². The molecule has 0 amide bonds. The number of nitrogens with zero attached hydrogens (tertiary/aromatic N) is 5. The standard InChI is InChI=1S/C77H76BN4OS.C13H11FN.Ir/c1-44(2)53-21-19-22-54(45(3)4)70(53)82-62-26-18-17-25-60(62)79-73(82)57-24-20-23-56-55-34-27-46(39-66(55)83-72(56)57)47-37-64-69-65(38-47)81-63-36-31-50(76(11,12)13)42-67(63)84-68-43-51(77(14,15)16)41-59(71(68)81)78(69)58-40-49(75(8,9)10)30-35-61(58)80(64)52-32-28-48(29-33-52)74(5,6)7;1-9-7-13(15-8-10(9)2)11-3-5-12(14)6-4-11;/h17-23,25-45H,1-16H3;3,5-8H,1-2H3;/q2*-1;. The molecule has 0 unspecified atom stereocenters. The number of rotatable bonds is 7. The van der Waals surface area contributed by atoms with E-state index < -0.39 is 0 Å². The maximum atomic E-state index is 12.7. The van der Waals surface area contributed by atoms with Crippen LogP contribution in [0.1, 0.15) is 167 Å². The molecule has 0 saturated heterocycles. The Kier molecular flexibility index (Phi) is 17.1. The molecule has 6 heterocycles. The number of halogens is 1. The number of furan rings is 1. The van der Waals surface area contributed by atoms with Crippen molar-refractivity contribution in [3.8, 4) is 39.5 Å². The number of pyridine rings is 1. The van der Waals surface area contributed by atoms with Crippen LogP contribution in [0.25, 0.3) is 72.4 Å². The average Bonchev–Trinajstić information content (AvgIpc) is 1.07. The van der Waals surface area contributed by atoms with Crippen LogP contribution in [0, 0.1) is 31.8 Å². The largest absolute Gasteiger partial charge is 0.501 e. The molecule has 0 atom stereocenters. The van der Waals surface area contributed by atoms with Gasteiger partial charge in [-0.25, -0.2) is 0 Å². The van der Waals surface area contributed by atoms with Gasteiger partial charge in [-0.15, -0.1) is 48.0 Å². The SMILES string of the molecule is CC(C)c1cccc(C(C)C)c1-n1c(-c2[c-]ccc3c2oc2cc(-c4cc5c6c(c4)N4c7ccc(C(C)(C)C)cc7Sc7cc(C(C)(C)C)cc(c74)B6c4cc(C(C)(C)C)ccc4N5c4ccc(C(C)(C)C)cc4)ccc23)nc2ccccc21.Cc1cnc(-c2[c-]cc(F)cc2)cc1C.[Ir]. The minimum absolute atomic E-state index is 0. The van der Waals surface area contributed by atoms with Crippen LogP contribution < -0.4 is 26.2 Å². The predicted molar refractivity (Wildman–Crippen MR) is 417 cm³/mol. The zero-order valence-corrected chi connectivity index (χ0v) is 64.1. The third-order valence-corrected chi connectivity index (χ3v) is 21.8. The smallest absolute Gasteiger partial charge is 0.252 e. The van der Waals surface area contributed by atoms with E-state index in [9.17, 15) is 4.39 Å². The van der Waals surface area contributed by atoms with Crippen molar-refractivity contribution in [2.24, 2.45) is 0 Å². The van der Waals surface area contributed by atoms with Crippen LogP contribution >= 0.6 is 11.8 Å². The molecule has 3 aliphatic heterocycles. The third kappa shape index (κ3) is 11.8. The molecule has 1 radical (unpaired) electrons. The molecule has 100 heavy (non-hydrogen) atoms. The Morgan fingerprint density at radius 2 is 1.16 bits per heavy atom. The predicted octanol–water partition coefficient (Wildman–Crippen LogP) is 23.3. The quantitative estimate of drug-likeness (QED) is 0.117.